The lowest BCUT2D eigenvalue weighted by Gasteiger charge is -2.09. The van der Waals surface area contributed by atoms with Crippen LogP contribution in [-0.4, -0.2) is 0 Å². The maximum Gasteiger partial charge on any atom is 0.0136 e. The molecule has 0 aliphatic heterocycles. The lowest BCUT2D eigenvalue weighted by atomic mass is 9.97. The second kappa shape index (κ2) is 5.80. The summed E-state index contributed by atoms with van der Waals surface area (Å²) in [5.41, 5.74) is 6.39. The van der Waals surface area contributed by atoms with Gasteiger partial charge in [-0.2, -0.15) is 0 Å². The van der Waals surface area contributed by atoms with Crippen molar-refractivity contribution in [3.8, 4) is 22.3 Å². The fourth-order valence-corrected chi connectivity index (χ4v) is 2.96. The highest BCUT2D eigenvalue weighted by Crippen LogP contribution is 2.28. The summed E-state index contributed by atoms with van der Waals surface area (Å²) in [6.45, 7) is 2.16. The molecule has 0 aliphatic carbocycles. The molecule has 1 heteroatoms. The second-order valence-corrected chi connectivity index (χ2v) is 6.21. The van der Waals surface area contributed by atoms with E-state index in [4.69, 9.17) is 0 Å². The van der Waals surface area contributed by atoms with Crippen LogP contribution < -0.4 is 0 Å². The normalized spacial score (nSPS) is 10.5. The summed E-state index contributed by atoms with van der Waals surface area (Å²) in [7, 11) is 0. The van der Waals surface area contributed by atoms with Crippen molar-refractivity contribution in [2.45, 2.75) is 6.92 Å². The lowest BCUT2D eigenvalue weighted by molar-refractivity contribution is 1.46. The first-order valence-electron chi connectivity index (χ1n) is 6.65. The van der Waals surface area contributed by atoms with E-state index in [1.54, 1.807) is 0 Å². The monoisotopic (exact) mass is 370 g/mol. The van der Waals surface area contributed by atoms with Crippen LogP contribution in [0.15, 0.2) is 72.8 Å². The summed E-state index contributed by atoms with van der Waals surface area (Å²) in [4.78, 5) is 0. The van der Waals surface area contributed by atoms with E-state index in [1.165, 1.54) is 31.4 Å². The van der Waals surface area contributed by atoms with Gasteiger partial charge >= 0.3 is 0 Å². The molecule has 3 aromatic carbocycles. The zero-order valence-corrected chi connectivity index (χ0v) is 13.5. The molecule has 0 N–H and O–H groups in total. The van der Waals surface area contributed by atoms with Crippen molar-refractivity contribution in [3.63, 3.8) is 0 Å². The average molecular weight is 370 g/mol. The summed E-state index contributed by atoms with van der Waals surface area (Å²) < 4.78 is 1.27. The number of hydrogen-bond acceptors (Lipinski definition) is 0. The van der Waals surface area contributed by atoms with Crippen molar-refractivity contribution in [2.75, 3.05) is 0 Å². The molecule has 20 heavy (non-hydrogen) atoms. The van der Waals surface area contributed by atoms with Gasteiger partial charge in [0.15, 0.2) is 0 Å². The molecule has 3 rings (SSSR count). The van der Waals surface area contributed by atoms with Crippen LogP contribution in [0, 0.1) is 10.5 Å². The summed E-state index contributed by atoms with van der Waals surface area (Å²) in [6.07, 6.45) is 0. The first-order valence-corrected chi connectivity index (χ1v) is 7.73. The van der Waals surface area contributed by atoms with E-state index in [0.717, 1.165) is 0 Å². The third-order valence-electron chi connectivity index (χ3n) is 3.34. The zero-order chi connectivity index (χ0) is 13.9. The Labute approximate surface area is 133 Å². The third-order valence-corrected chi connectivity index (χ3v) is 4.01. The highest BCUT2D eigenvalue weighted by Gasteiger charge is 2.03. The van der Waals surface area contributed by atoms with Gasteiger partial charge in [0.25, 0.3) is 0 Å². The van der Waals surface area contributed by atoms with Gasteiger partial charge in [-0.05, 0) is 75.5 Å². The average Bonchev–Trinajstić information content (AvgIpc) is 2.47. The minimum absolute atomic E-state index is 1.27. The summed E-state index contributed by atoms with van der Waals surface area (Å²) >= 11 is 2.36. The highest BCUT2D eigenvalue weighted by atomic mass is 127. The molecule has 0 bridgehead atoms. The molecular formula is C19H15I. The van der Waals surface area contributed by atoms with Gasteiger partial charge in [-0.1, -0.05) is 54.6 Å². The predicted octanol–water partition coefficient (Wildman–Crippen LogP) is 5.93. The molecule has 0 nitrogen and oxygen atoms in total. The molecule has 0 radical (unpaired) electrons. The Balaban J connectivity index is 2.12. The molecule has 0 unspecified atom stereocenters. The van der Waals surface area contributed by atoms with Gasteiger partial charge in [-0.3, -0.25) is 0 Å². The summed E-state index contributed by atoms with van der Waals surface area (Å²) in [6, 6.07) is 25.9. The topological polar surface area (TPSA) is 0 Å². The second-order valence-electron chi connectivity index (χ2n) is 4.96. The predicted molar refractivity (Wildman–Crippen MR) is 94.8 cm³/mol. The van der Waals surface area contributed by atoms with E-state index in [0.29, 0.717) is 0 Å². The smallest absolute Gasteiger partial charge is 0.0136 e. The summed E-state index contributed by atoms with van der Waals surface area (Å²) in [5.74, 6) is 0. The maximum atomic E-state index is 2.36. The first kappa shape index (κ1) is 13.4. The molecule has 0 saturated heterocycles. The highest BCUT2D eigenvalue weighted by molar-refractivity contribution is 14.1. The van der Waals surface area contributed by atoms with Gasteiger partial charge in [0.2, 0.25) is 0 Å². The Bertz CT molecular complexity index is 730. The minimum atomic E-state index is 1.27. The SMILES string of the molecule is Cc1cc(-c2ccccc2)cc(-c2cccc(I)c2)c1. The number of hydrogen-bond donors (Lipinski definition) is 0. The Hall–Kier alpha value is -1.61. The molecular weight excluding hydrogens is 355 g/mol. The van der Waals surface area contributed by atoms with Crippen LogP contribution >= 0.6 is 22.6 Å². The molecule has 0 saturated carbocycles. The largest absolute Gasteiger partial charge is 0.0622 e. The fourth-order valence-electron chi connectivity index (χ4n) is 2.42. The van der Waals surface area contributed by atoms with Crippen LogP contribution in [0.3, 0.4) is 0 Å². The van der Waals surface area contributed by atoms with Crippen molar-refractivity contribution < 1.29 is 0 Å². The van der Waals surface area contributed by atoms with Crippen molar-refractivity contribution >= 4 is 22.6 Å². The molecule has 0 fully saturated rings. The Morgan fingerprint density at radius 2 is 1.25 bits per heavy atom. The standard InChI is InChI=1S/C19H15I/c1-14-10-17(15-6-3-2-4-7-15)12-18(11-14)16-8-5-9-19(20)13-16/h2-13H,1H3. The zero-order valence-electron chi connectivity index (χ0n) is 11.3. The Morgan fingerprint density at radius 1 is 0.600 bits per heavy atom. The van der Waals surface area contributed by atoms with Gasteiger partial charge in [-0.15, -0.1) is 0 Å². The van der Waals surface area contributed by atoms with Gasteiger partial charge in [0.1, 0.15) is 0 Å². The van der Waals surface area contributed by atoms with Crippen LogP contribution in [-0.2, 0) is 0 Å². The maximum absolute atomic E-state index is 2.36. The molecule has 98 valence electrons. The van der Waals surface area contributed by atoms with Crippen LogP contribution in [0.5, 0.6) is 0 Å². The Morgan fingerprint density at radius 3 is 1.95 bits per heavy atom. The molecule has 0 aliphatic rings. The van der Waals surface area contributed by atoms with Gasteiger partial charge in [0, 0.05) is 3.57 Å². The van der Waals surface area contributed by atoms with Crippen LogP contribution in [0.1, 0.15) is 5.56 Å². The number of halogens is 1. The van der Waals surface area contributed by atoms with Crippen LogP contribution in [0.25, 0.3) is 22.3 Å². The van der Waals surface area contributed by atoms with Crippen molar-refractivity contribution in [3.05, 3.63) is 81.9 Å². The van der Waals surface area contributed by atoms with Crippen LogP contribution in [0.4, 0.5) is 0 Å². The van der Waals surface area contributed by atoms with Gasteiger partial charge < -0.3 is 0 Å². The van der Waals surface area contributed by atoms with Crippen molar-refractivity contribution in [1.82, 2.24) is 0 Å². The van der Waals surface area contributed by atoms with E-state index in [9.17, 15) is 0 Å². The van der Waals surface area contributed by atoms with E-state index >= 15 is 0 Å². The Kier molecular flexibility index (Phi) is 3.88. The third kappa shape index (κ3) is 2.93. The molecule has 3 aromatic rings. The lowest BCUT2D eigenvalue weighted by Crippen LogP contribution is -1.85. The van der Waals surface area contributed by atoms with E-state index in [-0.39, 0.29) is 0 Å². The number of aryl methyl sites for hydroxylation is 1. The quantitative estimate of drug-likeness (QED) is 0.490. The van der Waals surface area contributed by atoms with E-state index in [2.05, 4.69) is 102 Å². The van der Waals surface area contributed by atoms with Gasteiger partial charge in [-0.25, -0.2) is 0 Å². The fraction of sp³-hybridized carbons (Fsp3) is 0.0526. The number of rotatable bonds is 2. The van der Waals surface area contributed by atoms with E-state index in [1.807, 2.05) is 0 Å². The molecule has 0 atom stereocenters. The van der Waals surface area contributed by atoms with Gasteiger partial charge in [0.05, 0.1) is 0 Å². The molecule has 0 heterocycles. The van der Waals surface area contributed by atoms with Crippen molar-refractivity contribution in [2.24, 2.45) is 0 Å². The van der Waals surface area contributed by atoms with Crippen LogP contribution in [0.2, 0.25) is 0 Å². The molecule has 0 amide bonds. The number of benzene rings is 3. The molecule has 0 aromatic heterocycles. The molecule has 0 spiro atoms. The van der Waals surface area contributed by atoms with E-state index < -0.39 is 0 Å². The van der Waals surface area contributed by atoms with Crippen molar-refractivity contribution in [1.29, 1.82) is 0 Å². The first-order chi connectivity index (χ1) is 9.72. The summed E-state index contributed by atoms with van der Waals surface area (Å²) in [5, 5.41) is 0. The minimum Gasteiger partial charge on any atom is -0.0622 e.